The summed E-state index contributed by atoms with van der Waals surface area (Å²) >= 11 is 0. The number of para-hydroxylation sites is 2. The Kier molecular flexibility index (Phi) is 12.0. The highest BCUT2D eigenvalue weighted by atomic mass is 35.5. The normalized spacial score (nSPS) is 19.4. The molecule has 1 aromatic rings. The predicted octanol–water partition coefficient (Wildman–Crippen LogP) is 2.32. The number of anilines is 1. The Bertz CT molecular complexity index is 568. The monoisotopic (exact) mass is 411 g/mol. The van der Waals surface area contributed by atoms with Crippen molar-refractivity contribution in [3.05, 3.63) is 24.3 Å². The third kappa shape index (κ3) is 8.70. The average Bonchev–Trinajstić information content (AvgIpc) is 2.85. The number of carbonyl (C=O) groups excluding carboxylic acids is 1. The first-order valence-corrected chi connectivity index (χ1v) is 10.4. The van der Waals surface area contributed by atoms with E-state index >= 15 is 0 Å². The molecule has 0 aromatic heterocycles. The van der Waals surface area contributed by atoms with Gasteiger partial charge in [0.15, 0.2) is 0 Å². The van der Waals surface area contributed by atoms with Gasteiger partial charge in [-0.2, -0.15) is 0 Å². The topological polar surface area (TPSA) is 50.8 Å². The summed E-state index contributed by atoms with van der Waals surface area (Å²) in [6.07, 6.45) is 8.55. The van der Waals surface area contributed by atoms with Crippen LogP contribution in [0.2, 0.25) is 0 Å². The highest BCUT2D eigenvalue weighted by Crippen LogP contribution is 2.28. The molecule has 5 nitrogen and oxygen atoms in total. The minimum Gasteiger partial charge on any atom is -1.00 e. The number of unbranched alkanes of at least 4 members (excludes halogenated alkanes) is 2. The molecule has 0 radical (unpaired) electrons. The van der Waals surface area contributed by atoms with Crippen molar-refractivity contribution in [1.29, 1.82) is 0 Å². The first-order chi connectivity index (χ1) is 13.1. The van der Waals surface area contributed by atoms with Crippen LogP contribution in [-0.2, 0) is 4.74 Å². The quantitative estimate of drug-likeness (QED) is 0.500. The fraction of sp³-hybridized carbons (Fsp3) is 0.682. The molecule has 1 N–H and O–H groups in total. The van der Waals surface area contributed by atoms with E-state index in [9.17, 15) is 4.79 Å². The maximum Gasteiger partial charge on any atom is 0.412 e. The fourth-order valence-corrected chi connectivity index (χ4v) is 3.69. The number of rotatable bonds is 9. The van der Waals surface area contributed by atoms with E-state index in [0.717, 1.165) is 45.1 Å². The van der Waals surface area contributed by atoms with Gasteiger partial charge < -0.3 is 26.8 Å². The molecule has 160 valence electrons. The van der Waals surface area contributed by atoms with Crippen LogP contribution in [0.3, 0.4) is 0 Å². The van der Waals surface area contributed by atoms with E-state index in [-0.39, 0.29) is 24.6 Å². The molecule has 2 rings (SSSR count). The summed E-state index contributed by atoms with van der Waals surface area (Å²) in [6.45, 7) is 3.78. The molecule has 1 saturated carbocycles. The Balaban J connectivity index is 0.00000392. The van der Waals surface area contributed by atoms with E-state index < -0.39 is 0 Å². The van der Waals surface area contributed by atoms with Crippen molar-refractivity contribution in [3.8, 4) is 5.75 Å². The summed E-state index contributed by atoms with van der Waals surface area (Å²) in [5.41, 5.74) is 0.678. The van der Waals surface area contributed by atoms with E-state index in [1.807, 2.05) is 24.3 Å². The molecular weight excluding hydrogens is 376 g/mol. The van der Waals surface area contributed by atoms with Crippen LogP contribution in [0.25, 0.3) is 0 Å². The van der Waals surface area contributed by atoms with Crippen LogP contribution < -0.4 is 22.5 Å². The van der Waals surface area contributed by atoms with Gasteiger partial charge in [0.1, 0.15) is 11.9 Å². The number of hydrogen-bond donors (Lipinski definition) is 1. The van der Waals surface area contributed by atoms with Gasteiger partial charge in [0.25, 0.3) is 0 Å². The molecule has 0 heterocycles. The molecule has 1 aromatic carbocycles. The summed E-state index contributed by atoms with van der Waals surface area (Å²) in [5, 5.41) is 2.89. The Hall–Kier alpha value is -1.46. The van der Waals surface area contributed by atoms with Crippen molar-refractivity contribution < 1.29 is 26.7 Å². The highest BCUT2D eigenvalue weighted by molar-refractivity contribution is 5.86. The Labute approximate surface area is 176 Å². The summed E-state index contributed by atoms with van der Waals surface area (Å²) in [4.78, 5) is 14.7. The van der Waals surface area contributed by atoms with Gasteiger partial charge in [0.05, 0.1) is 12.3 Å². The highest BCUT2D eigenvalue weighted by Gasteiger charge is 2.27. The van der Waals surface area contributed by atoms with Crippen LogP contribution in [0.1, 0.15) is 58.3 Å². The predicted molar refractivity (Wildman–Crippen MR) is 110 cm³/mol. The van der Waals surface area contributed by atoms with Crippen LogP contribution in [-0.4, -0.2) is 44.3 Å². The zero-order valence-corrected chi connectivity index (χ0v) is 18.3. The maximum atomic E-state index is 12.6. The molecule has 1 aliphatic rings. The number of halogens is 1. The molecule has 0 bridgehead atoms. The van der Waals surface area contributed by atoms with E-state index in [4.69, 9.17) is 9.47 Å². The molecule has 2 atom stereocenters. The molecule has 6 heteroatoms. The van der Waals surface area contributed by atoms with Crippen LogP contribution in [0.4, 0.5) is 10.5 Å². The van der Waals surface area contributed by atoms with E-state index in [1.165, 1.54) is 12.8 Å². The third-order valence-electron chi connectivity index (χ3n) is 5.08. The van der Waals surface area contributed by atoms with Crippen molar-refractivity contribution in [3.63, 3.8) is 0 Å². The summed E-state index contributed by atoms with van der Waals surface area (Å²) in [6, 6.07) is 7.57. The minimum absolute atomic E-state index is 0. The van der Waals surface area contributed by atoms with Gasteiger partial charge in [0.2, 0.25) is 0 Å². The summed E-state index contributed by atoms with van der Waals surface area (Å²) < 4.78 is 11.7. The van der Waals surface area contributed by atoms with Gasteiger partial charge in [-0.3, -0.25) is 5.32 Å². The van der Waals surface area contributed by atoms with Crippen LogP contribution in [0, 0.1) is 5.92 Å². The first-order valence-electron chi connectivity index (χ1n) is 10.4. The molecule has 0 aliphatic heterocycles. The molecule has 0 spiro atoms. The zero-order chi connectivity index (χ0) is 19.5. The zero-order valence-electron chi connectivity index (χ0n) is 17.6. The largest absolute Gasteiger partial charge is 1.00 e. The second-order valence-electron chi connectivity index (χ2n) is 7.78. The number of amides is 1. The minimum atomic E-state index is -0.379. The number of carbonyl (C=O) groups is 1. The van der Waals surface area contributed by atoms with Gasteiger partial charge in [-0.25, -0.2) is 4.79 Å². The van der Waals surface area contributed by atoms with E-state index in [2.05, 4.69) is 31.2 Å². The number of ether oxygens (including phenoxy) is 2. The number of nitrogens with one attached hydrogen (secondary N) is 1. The molecule has 1 amide bonds. The smallest absolute Gasteiger partial charge is 0.412 e. The molecular formula is C22H36ClN2O3-. The fourth-order valence-electron chi connectivity index (χ4n) is 3.69. The average molecular weight is 412 g/mol. The van der Waals surface area contributed by atoms with Crippen molar-refractivity contribution in [2.24, 2.45) is 5.92 Å². The van der Waals surface area contributed by atoms with Crippen LogP contribution in [0.5, 0.6) is 5.75 Å². The van der Waals surface area contributed by atoms with Crippen molar-refractivity contribution in [2.45, 2.75) is 64.4 Å². The standard InChI is InChI=1S/C22H36N2O3.ClH/c1-4-5-11-16-26-21-15-10-9-13-19(21)23-22(25)27-20-14-8-6-7-12-18(20)17-24(2)3;/h9-10,13,15,18,20H,4-8,11-12,14,16-17H2,1-3H3,(H,23,25);1H/p-1/t18-,20-;/m1./s1. The lowest BCUT2D eigenvalue weighted by Crippen LogP contribution is -3.00. The van der Waals surface area contributed by atoms with E-state index in [0.29, 0.717) is 24.0 Å². The van der Waals surface area contributed by atoms with Crippen molar-refractivity contribution in [1.82, 2.24) is 4.90 Å². The van der Waals surface area contributed by atoms with Gasteiger partial charge in [-0.05, 0) is 51.9 Å². The van der Waals surface area contributed by atoms with Crippen LogP contribution in [0.15, 0.2) is 24.3 Å². The molecule has 1 aliphatic carbocycles. The second-order valence-corrected chi connectivity index (χ2v) is 7.78. The second kappa shape index (κ2) is 13.7. The number of nitrogens with zero attached hydrogens (tertiary/aromatic N) is 1. The lowest BCUT2D eigenvalue weighted by atomic mass is 9.97. The molecule has 1 fully saturated rings. The third-order valence-corrected chi connectivity index (χ3v) is 5.08. The Morgan fingerprint density at radius 2 is 1.89 bits per heavy atom. The SMILES string of the molecule is CCCCCOc1ccccc1NC(=O)O[C@@H]1CCCCC[C@@H]1CN(C)C.[Cl-]. The lowest BCUT2D eigenvalue weighted by molar-refractivity contribution is -0.0000157. The van der Waals surface area contributed by atoms with E-state index in [1.54, 1.807) is 0 Å². The summed E-state index contributed by atoms with van der Waals surface area (Å²) in [5.74, 6) is 1.10. The Morgan fingerprint density at radius 3 is 2.64 bits per heavy atom. The van der Waals surface area contributed by atoms with Gasteiger partial charge in [-0.15, -0.1) is 0 Å². The van der Waals surface area contributed by atoms with Gasteiger partial charge in [-0.1, -0.05) is 44.7 Å². The van der Waals surface area contributed by atoms with Crippen molar-refractivity contribution >= 4 is 11.8 Å². The lowest BCUT2D eigenvalue weighted by Gasteiger charge is -2.27. The summed E-state index contributed by atoms with van der Waals surface area (Å²) in [7, 11) is 4.16. The molecule has 0 saturated heterocycles. The maximum absolute atomic E-state index is 12.6. The molecule has 28 heavy (non-hydrogen) atoms. The van der Waals surface area contributed by atoms with Crippen LogP contribution >= 0.6 is 0 Å². The molecule has 0 unspecified atom stereocenters. The first kappa shape index (κ1) is 24.6. The van der Waals surface area contributed by atoms with Gasteiger partial charge in [0, 0.05) is 12.5 Å². The number of hydrogen-bond acceptors (Lipinski definition) is 4. The van der Waals surface area contributed by atoms with Crippen molar-refractivity contribution in [2.75, 3.05) is 32.6 Å². The van der Waals surface area contributed by atoms with Gasteiger partial charge >= 0.3 is 6.09 Å². The Morgan fingerprint density at radius 1 is 1.14 bits per heavy atom. The number of benzene rings is 1.